The number of ether oxygens (including phenoxy) is 2. The third kappa shape index (κ3) is 1.99. The highest BCUT2D eigenvalue weighted by Gasteiger charge is 2.45. The summed E-state index contributed by atoms with van der Waals surface area (Å²) < 4.78 is 10.8. The smallest absolute Gasteiger partial charge is 0.231 e. The first-order valence-corrected chi connectivity index (χ1v) is 6.83. The first-order valence-electron chi connectivity index (χ1n) is 6.83. The van der Waals surface area contributed by atoms with Crippen LogP contribution < -0.4 is 9.47 Å². The van der Waals surface area contributed by atoms with Crippen molar-refractivity contribution >= 4 is 0 Å². The van der Waals surface area contributed by atoms with Gasteiger partial charge in [-0.05, 0) is 44.6 Å². The largest absolute Gasteiger partial charge is 0.454 e. The zero-order valence-electron chi connectivity index (χ0n) is 11.6. The number of rotatable bonds is 4. The van der Waals surface area contributed by atoms with Crippen LogP contribution in [0.2, 0.25) is 0 Å². The number of nitrogens with zero attached hydrogens (tertiary/aromatic N) is 1. The average Bonchev–Trinajstić information content (AvgIpc) is 2.80. The number of benzene rings is 1. The highest BCUT2D eigenvalue weighted by molar-refractivity contribution is 5.45. The van der Waals surface area contributed by atoms with Crippen molar-refractivity contribution in [3.8, 4) is 11.5 Å². The van der Waals surface area contributed by atoms with Gasteiger partial charge in [0.15, 0.2) is 11.5 Å². The number of fused-ring (bicyclic) bond motifs is 1. The molecule has 4 heteroatoms. The number of aliphatic hydroxyl groups is 1. The van der Waals surface area contributed by atoms with E-state index in [0.29, 0.717) is 6.79 Å². The average molecular weight is 263 g/mol. The second-order valence-electron chi connectivity index (χ2n) is 5.85. The minimum atomic E-state index is -0.00278. The van der Waals surface area contributed by atoms with E-state index in [1.807, 2.05) is 6.07 Å². The van der Waals surface area contributed by atoms with Crippen molar-refractivity contribution in [3.63, 3.8) is 0 Å². The predicted molar refractivity (Wildman–Crippen MR) is 72.4 cm³/mol. The van der Waals surface area contributed by atoms with Crippen LogP contribution in [0.4, 0.5) is 0 Å². The van der Waals surface area contributed by atoms with Crippen molar-refractivity contribution in [1.29, 1.82) is 0 Å². The molecule has 1 aliphatic heterocycles. The van der Waals surface area contributed by atoms with Gasteiger partial charge in [0.25, 0.3) is 0 Å². The van der Waals surface area contributed by atoms with Gasteiger partial charge in [0.05, 0.1) is 6.61 Å². The maximum Gasteiger partial charge on any atom is 0.231 e. The molecule has 1 saturated carbocycles. The first kappa shape index (κ1) is 12.8. The Hall–Kier alpha value is -1.26. The van der Waals surface area contributed by atoms with Crippen LogP contribution in [-0.4, -0.2) is 37.5 Å². The Labute approximate surface area is 113 Å². The summed E-state index contributed by atoms with van der Waals surface area (Å²) in [5.74, 6) is 1.63. The van der Waals surface area contributed by atoms with E-state index in [9.17, 15) is 5.11 Å². The quantitative estimate of drug-likeness (QED) is 0.904. The number of hydrogen-bond donors (Lipinski definition) is 1. The normalized spacial score (nSPS) is 21.3. The molecule has 0 saturated heterocycles. The molecule has 1 aliphatic carbocycles. The summed E-state index contributed by atoms with van der Waals surface area (Å²) in [6.45, 7) is 0.543. The summed E-state index contributed by atoms with van der Waals surface area (Å²) in [5.41, 5.74) is 1.19. The molecule has 1 heterocycles. The molecule has 0 aromatic heterocycles. The van der Waals surface area contributed by atoms with Gasteiger partial charge in [-0.1, -0.05) is 12.5 Å². The Morgan fingerprint density at radius 1 is 1.26 bits per heavy atom. The molecule has 1 atom stereocenters. The van der Waals surface area contributed by atoms with Gasteiger partial charge in [0.2, 0.25) is 6.79 Å². The van der Waals surface area contributed by atoms with Crippen LogP contribution in [-0.2, 0) is 0 Å². The van der Waals surface area contributed by atoms with Crippen LogP contribution in [0.5, 0.6) is 11.5 Å². The third-order valence-electron chi connectivity index (χ3n) is 4.47. The summed E-state index contributed by atoms with van der Waals surface area (Å²) in [6, 6.07) is 6.34. The molecule has 1 unspecified atom stereocenters. The lowest BCUT2D eigenvalue weighted by molar-refractivity contribution is -0.0309. The molecule has 1 N–H and O–H groups in total. The number of hydrogen-bond acceptors (Lipinski definition) is 4. The van der Waals surface area contributed by atoms with Gasteiger partial charge in [-0.15, -0.1) is 0 Å². The Bertz CT molecular complexity index is 463. The van der Waals surface area contributed by atoms with Crippen LogP contribution in [0.3, 0.4) is 0 Å². The summed E-state index contributed by atoms with van der Waals surface area (Å²) in [6.07, 6.45) is 3.37. The fourth-order valence-corrected chi connectivity index (χ4v) is 3.43. The van der Waals surface area contributed by atoms with Crippen molar-refractivity contribution in [2.45, 2.75) is 25.3 Å². The van der Waals surface area contributed by atoms with Crippen molar-refractivity contribution in [2.24, 2.45) is 5.41 Å². The topological polar surface area (TPSA) is 41.9 Å². The monoisotopic (exact) mass is 263 g/mol. The zero-order valence-corrected chi connectivity index (χ0v) is 11.6. The van der Waals surface area contributed by atoms with Gasteiger partial charge in [-0.3, -0.25) is 0 Å². The molecule has 3 rings (SSSR count). The molecule has 0 amide bonds. The van der Waals surface area contributed by atoms with Crippen molar-refractivity contribution in [1.82, 2.24) is 4.90 Å². The summed E-state index contributed by atoms with van der Waals surface area (Å²) in [5, 5.41) is 9.83. The molecule has 2 aliphatic rings. The Kier molecular flexibility index (Phi) is 3.15. The van der Waals surface area contributed by atoms with E-state index >= 15 is 0 Å². The van der Waals surface area contributed by atoms with E-state index in [1.54, 1.807) is 0 Å². The second-order valence-corrected chi connectivity index (χ2v) is 5.85. The molecule has 1 fully saturated rings. The van der Waals surface area contributed by atoms with Crippen molar-refractivity contribution in [2.75, 3.05) is 27.5 Å². The highest BCUT2D eigenvalue weighted by atomic mass is 16.7. The minimum Gasteiger partial charge on any atom is -0.454 e. The van der Waals surface area contributed by atoms with Crippen LogP contribution in [0.1, 0.15) is 30.9 Å². The first-order chi connectivity index (χ1) is 9.16. The summed E-state index contributed by atoms with van der Waals surface area (Å²) >= 11 is 0. The predicted octanol–water partition coefficient (Wildman–Crippen LogP) is 2.18. The molecule has 1 aromatic rings. The molecule has 19 heavy (non-hydrogen) atoms. The van der Waals surface area contributed by atoms with Crippen molar-refractivity contribution in [3.05, 3.63) is 23.8 Å². The molecule has 0 radical (unpaired) electrons. The van der Waals surface area contributed by atoms with E-state index in [1.165, 1.54) is 12.0 Å². The zero-order chi connectivity index (χ0) is 13.5. The van der Waals surface area contributed by atoms with Crippen LogP contribution in [0.25, 0.3) is 0 Å². The third-order valence-corrected chi connectivity index (χ3v) is 4.47. The second kappa shape index (κ2) is 4.69. The molecule has 4 nitrogen and oxygen atoms in total. The Morgan fingerprint density at radius 3 is 2.58 bits per heavy atom. The van der Waals surface area contributed by atoms with E-state index in [2.05, 4.69) is 31.1 Å². The lowest BCUT2D eigenvalue weighted by Crippen LogP contribution is -2.45. The minimum absolute atomic E-state index is 0.00278. The Balaban J connectivity index is 1.96. The van der Waals surface area contributed by atoms with E-state index in [0.717, 1.165) is 24.3 Å². The van der Waals surface area contributed by atoms with Gasteiger partial charge in [0.1, 0.15) is 0 Å². The van der Waals surface area contributed by atoms with Gasteiger partial charge in [0, 0.05) is 11.5 Å². The maximum atomic E-state index is 9.83. The standard InChI is InChI=1S/C15H21NO3/c1-16(2)14(15(9-17)6-3-7-15)11-4-5-12-13(8-11)19-10-18-12/h4-5,8,14,17H,3,6-7,9-10H2,1-2H3. The lowest BCUT2D eigenvalue weighted by atomic mass is 9.62. The van der Waals surface area contributed by atoms with Crippen LogP contribution >= 0.6 is 0 Å². The van der Waals surface area contributed by atoms with Gasteiger partial charge < -0.3 is 19.5 Å². The number of aliphatic hydroxyl groups excluding tert-OH is 1. The van der Waals surface area contributed by atoms with Crippen LogP contribution in [0, 0.1) is 5.41 Å². The van der Waals surface area contributed by atoms with Gasteiger partial charge in [-0.25, -0.2) is 0 Å². The van der Waals surface area contributed by atoms with Gasteiger partial charge in [-0.2, -0.15) is 0 Å². The SMILES string of the molecule is CN(C)C(c1ccc2c(c1)OCO2)C1(CO)CCC1. The maximum absolute atomic E-state index is 9.83. The highest BCUT2D eigenvalue weighted by Crippen LogP contribution is 2.52. The van der Waals surface area contributed by atoms with E-state index < -0.39 is 0 Å². The van der Waals surface area contributed by atoms with E-state index in [-0.39, 0.29) is 18.1 Å². The van der Waals surface area contributed by atoms with Crippen LogP contribution in [0.15, 0.2) is 18.2 Å². The molecular formula is C15H21NO3. The van der Waals surface area contributed by atoms with E-state index in [4.69, 9.17) is 9.47 Å². The summed E-state index contributed by atoms with van der Waals surface area (Å²) in [7, 11) is 4.15. The molecular weight excluding hydrogens is 242 g/mol. The fourth-order valence-electron chi connectivity index (χ4n) is 3.43. The molecule has 1 aromatic carbocycles. The van der Waals surface area contributed by atoms with Crippen molar-refractivity contribution < 1.29 is 14.6 Å². The molecule has 0 spiro atoms. The lowest BCUT2D eigenvalue weighted by Gasteiger charge is -2.49. The molecule has 104 valence electrons. The fraction of sp³-hybridized carbons (Fsp3) is 0.600. The summed E-state index contributed by atoms with van der Waals surface area (Å²) in [4.78, 5) is 2.20. The van der Waals surface area contributed by atoms with Gasteiger partial charge >= 0.3 is 0 Å². The Morgan fingerprint density at radius 2 is 2.00 bits per heavy atom. The molecule has 0 bridgehead atoms.